The van der Waals surface area contributed by atoms with E-state index in [1.165, 1.54) is 37.8 Å². The van der Waals surface area contributed by atoms with Crippen LogP contribution in [0.2, 0.25) is 0 Å². The van der Waals surface area contributed by atoms with E-state index in [1.807, 2.05) is 0 Å². The van der Waals surface area contributed by atoms with Gasteiger partial charge in [-0.25, -0.2) is 0 Å². The SMILES string of the molecule is C/C=C/C1CCC(C2CCC(COc3ccc(OCC)c(F)c3F)CO2)CC1. The number of hydrogen-bond acceptors (Lipinski definition) is 3. The molecule has 1 heterocycles. The van der Waals surface area contributed by atoms with Crippen molar-refractivity contribution in [2.45, 2.75) is 58.5 Å². The number of benzene rings is 1. The minimum atomic E-state index is -0.993. The predicted molar refractivity (Wildman–Crippen MR) is 106 cm³/mol. The Bertz CT molecular complexity index is 645. The van der Waals surface area contributed by atoms with Crippen LogP contribution in [0.3, 0.4) is 0 Å². The van der Waals surface area contributed by atoms with Crippen LogP contribution in [0.1, 0.15) is 52.4 Å². The van der Waals surface area contributed by atoms with Crippen molar-refractivity contribution in [3.63, 3.8) is 0 Å². The van der Waals surface area contributed by atoms with Crippen LogP contribution in [0, 0.1) is 29.4 Å². The van der Waals surface area contributed by atoms with E-state index in [4.69, 9.17) is 14.2 Å². The predicted octanol–water partition coefficient (Wildman–Crippen LogP) is 5.92. The van der Waals surface area contributed by atoms with Gasteiger partial charge in [0.05, 0.1) is 25.9 Å². The third kappa shape index (κ3) is 5.25. The van der Waals surface area contributed by atoms with Crippen LogP contribution in [0.15, 0.2) is 24.3 Å². The molecular weight excluding hydrogens is 362 g/mol. The van der Waals surface area contributed by atoms with Crippen LogP contribution in [0.25, 0.3) is 0 Å². The largest absolute Gasteiger partial charge is 0.491 e. The highest BCUT2D eigenvalue weighted by Crippen LogP contribution is 2.36. The fraction of sp³-hybridized carbons (Fsp3) is 0.652. The second kappa shape index (κ2) is 10.2. The zero-order valence-corrected chi connectivity index (χ0v) is 17.0. The van der Waals surface area contributed by atoms with Crippen LogP contribution in [-0.2, 0) is 4.74 Å². The number of rotatable bonds is 7. The Hall–Kier alpha value is -1.62. The molecule has 0 amide bonds. The van der Waals surface area contributed by atoms with Gasteiger partial charge in [0.25, 0.3) is 0 Å². The summed E-state index contributed by atoms with van der Waals surface area (Å²) in [6.45, 7) is 5.07. The first-order valence-corrected chi connectivity index (χ1v) is 10.6. The maximum Gasteiger partial charge on any atom is 0.204 e. The first-order valence-electron chi connectivity index (χ1n) is 10.6. The van der Waals surface area contributed by atoms with Crippen LogP contribution >= 0.6 is 0 Å². The van der Waals surface area contributed by atoms with Crippen molar-refractivity contribution in [3.8, 4) is 11.5 Å². The Morgan fingerprint density at radius 2 is 1.68 bits per heavy atom. The fourth-order valence-corrected chi connectivity index (χ4v) is 4.41. The molecule has 0 aromatic heterocycles. The van der Waals surface area contributed by atoms with E-state index in [0.717, 1.165) is 18.8 Å². The first kappa shape index (κ1) is 21.1. The summed E-state index contributed by atoms with van der Waals surface area (Å²) in [7, 11) is 0. The third-order valence-corrected chi connectivity index (χ3v) is 6.00. The number of hydrogen-bond donors (Lipinski definition) is 0. The van der Waals surface area contributed by atoms with Gasteiger partial charge >= 0.3 is 0 Å². The van der Waals surface area contributed by atoms with Gasteiger partial charge in [0.2, 0.25) is 11.6 Å². The number of halogens is 2. The Morgan fingerprint density at radius 3 is 2.25 bits per heavy atom. The Labute approximate surface area is 167 Å². The van der Waals surface area contributed by atoms with Gasteiger partial charge < -0.3 is 14.2 Å². The zero-order chi connectivity index (χ0) is 19.9. The molecular formula is C23H32F2O3. The molecule has 3 rings (SSSR count). The van der Waals surface area contributed by atoms with E-state index >= 15 is 0 Å². The van der Waals surface area contributed by atoms with E-state index in [0.29, 0.717) is 25.2 Å². The highest BCUT2D eigenvalue weighted by Gasteiger charge is 2.31. The number of allylic oxidation sites excluding steroid dienone is 2. The van der Waals surface area contributed by atoms with Crippen LogP contribution in [-0.4, -0.2) is 25.9 Å². The van der Waals surface area contributed by atoms with Crippen molar-refractivity contribution in [3.05, 3.63) is 35.9 Å². The molecule has 3 nitrogen and oxygen atoms in total. The molecule has 0 N–H and O–H groups in total. The van der Waals surface area contributed by atoms with E-state index < -0.39 is 11.6 Å². The number of ether oxygens (including phenoxy) is 3. The highest BCUT2D eigenvalue weighted by atomic mass is 19.2. The molecule has 2 fully saturated rings. The maximum atomic E-state index is 14.1. The van der Waals surface area contributed by atoms with Crippen LogP contribution < -0.4 is 9.47 Å². The lowest BCUT2D eigenvalue weighted by atomic mass is 9.77. The smallest absolute Gasteiger partial charge is 0.204 e. The van der Waals surface area contributed by atoms with E-state index in [9.17, 15) is 8.78 Å². The Morgan fingerprint density at radius 1 is 1.00 bits per heavy atom. The van der Waals surface area contributed by atoms with Gasteiger partial charge in [0, 0.05) is 5.92 Å². The second-order valence-corrected chi connectivity index (χ2v) is 7.95. The van der Waals surface area contributed by atoms with Gasteiger partial charge in [0.1, 0.15) is 0 Å². The van der Waals surface area contributed by atoms with Crippen LogP contribution in [0.4, 0.5) is 8.78 Å². The van der Waals surface area contributed by atoms with Gasteiger partial charge in [-0.1, -0.05) is 12.2 Å². The summed E-state index contributed by atoms with van der Waals surface area (Å²) in [6.07, 6.45) is 11.8. The minimum Gasteiger partial charge on any atom is -0.491 e. The lowest BCUT2D eigenvalue weighted by Crippen LogP contribution is -2.35. The van der Waals surface area contributed by atoms with Crippen molar-refractivity contribution < 1.29 is 23.0 Å². The molecule has 0 spiro atoms. The van der Waals surface area contributed by atoms with Gasteiger partial charge in [-0.3, -0.25) is 0 Å². The fourth-order valence-electron chi connectivity index (χ4n) is 4.41. The van der Waals surface area contributed by atoms with E-state index in [-0.39, 0.29) is 24.0 Å². The quantitative estimate of drug-likeness (QED) is 0.537. The van der Waals surface area contributed by atoms with Crippen molar-refractivity contribution in [2.24, 2.45) is 17.8 Å². The van der Waals surface area contributed by atoms with Gasteiger partial charge in [0.15, 0.2) is 11.5 Å². The van der Waals surface area contributed by atoms with Crippen molar-refractivity contribution in [1.82, 2.24) is 0 Å². The molecule has 1 aliphatic heterocycles. The third-order valence-electron chi connectivity index (χ3n) is 6.00. The minimum absolute atomic E-state index is 0.0645. The summed E-state index contributed by atoms with van der Waals surface area (Å²) in [4.78, 5) is 0. The summed E-state index contributed by atoms with van der Waals surface area (Å²) < 4.78 is 44.8. The average molecular weight is 395 g/mol. The summed E-state index contributed by atoms with van der Waals surface area (Å²) in [5.74, 6) is -0.530. The van der Waals surface area contributed by atoms with Crippen molar-refractivity contribution in [1.29, 1.82) is 0 Å². The molecule has 5 heteroatoms. The summed E-state index contributed by atoms with van der Waals surface area (Å²) in [6, 6.07) is 2.84. The monoisotopic (exact) mass is 394 g/mol. The molecule has 2 atom stereocenters. The molecule has 28 heavy (non-hydrogen) atoms. The summed E-state index contributed by atoms with van der Waals surface area (Å²) >= 11 is 0. The topological polar surface area (TPSA) is 27.7 Å². The Balaban J connectivity index is 1.43. The lowest BCUT2D eigenvalue weighted by molar-refractivity contribution is -0.0643. The van der Waals surface area contributed by atoms with E-state index in [1.54, 1.807) is 6.92 Å². The summed E-state index contributed by atoms with van der Waals surface area (Å²) in [5.41, 5.74) is 0. The standard InChI is InChI=1S/C23H32F2O3/c1-3-5-16-6-9-18(10-7-16)19-11-8-17(14-27-19)15-28-21-13-12-20(26-4-2)22(24)23(21)25/h3,5,12-13,16-19H,4,6-11,14-15H2,1-2H3/b5-3+. The second-order valence-electron chi connectivity index (χ2n) is 7.95. The average Bonchev–Trinajstić information content (AvgIpc) is 2.72. The highest BCUT2D eigenvalue weighted by molar-refractivity contribution is 5.35. The lowest BCUT2D eigenvalue weighted by Gasteiger charge is -2.37. The molecule has 0 radical (unpaired) electrons. The molecule has 1 aromatic rings. The van der Waals surface area contributed by atoms with Gasteiger partial charge in [-0.15, -0.1) is 0 Å². The van der Waals surface area contributed by atoms with E-state index in [2.05, 4.69) is 19.1 Å². The van der Waals surface area contributed by atoms with Crippen molar-refractivity contribution >= 4 is 0 Å². The normalized spacial score (nSPS) is 28.4. The molecule has 156 valence electrons. The zero-order valence-electron chi connectivity index (χ0n) is 17.0. The molecule has 0 bridgehead atoms. The van der Waals surface area contributed by atoms with Crippen molar-refractivity contribution in [2.75, 3.05) is 19.8 Å². The molecule has 2 unspecified atom stereocenters. The molecule has 1 aromatic carbocycles. The Kier molecular flexibility index (Phi) is 7.72. The molecule has 1 aliphatic carbocycles. The maximum absolute atomic E-state index is 14.1. The summed E-state index contributed by atoms with van der Waals surface area (Å²) in [5, 5.41) is 0. The van der Waals surface area contributed by atoms with Gasteiger partial charge in [-0.05, 0) is 76.3 Å². The molecule has 1 saturated heterocycles. The first-order chi connectivity index (χ1) is 13.6. The molecule has 1 saturated carbocycles. The van der Waals surface area contributed by atoms with Crippen LogP contribution in [0.5, 0.6) is 11.5 Å². The molecule has 2 aliphatic rings. The van der Waals surface area contributed by atoms with Gasteiger partial charge in [-0.2, -0.15) is 8.78 Å².